The predicted octanol–water partition coefficient (Wildman–Crippen LogP) is 3.06. The highest BCUT2D eigenvalue weighted by atomic mass is 14.9. The molecule has 1 aliphatic rings. The van der Waals surface area contributed by atoms with E-state index in [1.165, 1.54) is 32.4 Å². The molecule has 2 unspecified atom stereocenters. The zero-order valence-electron chi connectivity index (χ0n) is 9.69. The van der Waals surface area contributed by atoms with Gasteiger partial charge in [0.25, 0.3) is 0 Å². The van der Waals surface area contributed by atoms with E-state index >= 15 is 0 Å². The molecule has 1 N–H and O–H groups in total. The molecule has 13 heavy (non-hydrogen) atoms. The smallest absolute Gasteiger partial charge is 0.00172 e. The van der Waals surface area contributed by atoms with Gasteiger partial charge in [-0.3, -0.25) is 0 Å². The third kappa shape index (κ3) is 2.46. The third-order valence-corrected chi connectivity index (χ3v) is 4.02. The van der Waals surface area contributed by atoms with Gasteiger partial charge in [0.2, 0.25) is 0 Å². The molecule has 2 atom stereocenters. The van der Waals surface area contributed by atoms with E-state index in [9.17, 15) is 0 Å². The van der Waals surface area contributed by atoms with Gasteiger partial charge in [0.05, 0.1) is 0 Å². The highest BCUT2D eigenvalue weighted by Gasteiger charge is 2.34. The first-order chi connectivity index (χ1) is 6.11. The van der Waals surface area contributed by atoms with E-state index in [-0.39, 0.29) is 0 Å². The molecule has 0 radical (unpaired) electrons. The molecule has 0 aromatic rings. The summed E-state index contributed by atoms with van der Waals surface area (Å²) in [7, 11) is 0. The van der Waals surface area contributed by atoms with Crippen molar-refractivity contribution in [3.05, 3.63) is 0 Å². The van der Waals surface area contributed by atoms with Crippen LogP contribution in [-0.4, -0.2) is 13.1 Å². The molecule has 0 spiro atoms. The molecule has 78 valence electrons. The molecule has 0 aromatic heterocycles. The second-order valence-electron chi connectivity index (χ2n) is 5.11. The molecule has 1 heteroatoms. The maximum Gasteiger partial charge on any atom is -0.00172 e. The van der Waals surface area contributed by atoms with Crippen LogP contribution in [-0.2, 0) is 0 Å². The SMILES string of the molecule is CCC(C1CCNC1)C(C)(C)CC. The van der Waals surface area contributed by atoms with Crippen LogP contribution >= 0.6 is 0 Å². The summed E-state index contributed by atoms with van der Waals surface area (Å²) in [5.74, 6) is 1.84. The Hall–Kier alpha value is -0.0400. The van der Waals surface area contributed by atoms with Gasteiger partial charge in [-0.05, 0) is 36.8 Å². The molecule has 1 heterocycles. The molecular formula is C12H25N. The Morgan fingerprint density at radius 2 is 2.08 bits per heavy atom. The fourth-order valence-corrected chi connectivity index (χ4v) is 2.81. The Balaban J connectivity index is 2.59. The number of rotatable bonds is 4. The van der Waals surface area contributed by atoms with Crippen molar-refractivity contribution < 1.29 is 0 Å². The first-order valence-corrected chi connectivity index (χ1v) is 5.82. The monoisotopic (exact) mass is 183 g/mol. The van der Waals surface area contributed by atoms with Gasteiger partial charge in [-0.15, -0.1) is 0 Å². The molecule has 1 aliphatic heterocycles. The normalized spacial score (nSPS) is 26.3. The van der Waals surface area contributed by atoms with Crippen LogP contribution in [0.1, 0.15) is 47.0 Å². The van der Waals surface area contributed by atoms with Crippen LogP contribution in [0.5, 0.6) is 0 Å². The highest BCUT2D eigenvalue weighted by Crippen LogP contribution is 2.39. The topological polar surface area (TPSA) is 12.0 Å². The van der Waals surface area contributed by atoms with E-state index in [2.05, 4.69) is 33.0 Å². The van der Waals surface area contributed by atoms with E-state index in [1.54, 1.807) is 0 Å². The largest absolute Gasteiger partial charge is 0.316 e. The third-order valence-electron chi connectivity index (χ3n) is 4.02. The summed E-state index contributed by atoms with van der Waals surface area (Å²) in [5, 5.41) is 3.48. The minimum atomic E-state index is 0.533. The zero-order chi connectivity index (χ0) is 9.90. The Labute approximate surface area is 83.3 Å². The summed E-state index contributed by atoms with van der Waals surface area (Å²) in [4.78, 5) is 0. The number of nitrogens with one attached hydrogen (secondary N) is 1. The lowest BCUT2D eigenvalue weighted by Crippen LogP contribution is -2.31. The summed E-state index contributed by atoms with van der Waals surface area (Å²) < 4.78 is 0. The maximum atomic E-state index is 3.48. The van der Waals surface area contributed by atoms with Crippen molar-refractivity contribution in [2.75, 3.05) is 13.1 Å². The summed E-state index contributed by atoms with van der Waals surface area (Å²) >= 11 is 0. The van der Waals surface area contributed by atoms with Crippen LogP contribution in [0.15, 0.2) is 0 Å². The van der Waals surface area contributed by atoms with Crippen LogP contribution in [0.4, 0.5) is 0 Å². The second kappa shape index (κ2) is 4.45. The standard InChI is InChI=1S/C12H25N/c1-5-11(12(3,4)6-2)10-7-8-13-9-10/h10-11,13H,5-9H2,1-4H3. The van der Waals surface area contributed by atoms with E-state index < -0.39 is 0 Å². The summed E-state index contributed by atoms with van der Waals surface area (Å²) in [5.41, 5.74) is 0.533. The molecule has 0 bridgehead atoms. The van der Waals surface area contributed by atoms with Gasteiger partial charge in [0, 0.05) is 0 Å². The van der Waals surface area contributed by atoms with Crippen molar-refractivity contribution in [2.45, 2.75) is 47.0 Å². The fraction of sp³-hybridized carbons (Fsp3) is 1.00. The van der Waals surface area contributed by atoms with Gasteiger partial charge in [0.1, 0.15) is 0 Å². The fourth-order valence-electron chi connectivity index (χ4n) is 2.81. The number of hydrogen-bond donors (Lipinski definition) is 1. The Morgan fingerprint density at radius 3 is 2.46 bits per heavy atom. The van der Waals surface area contributed by atoms with Crippen LogP contribution < -0.4 is 5.32 Å². The van der Waals surface area contributed by atoms with Crippen molar-refractivity contribution in [1.29, 1.82) is 0 Å². The van der Waals surface area contributed by atoms with Crippen LogP contribution in [0.2, 0.25) is 0 Å². The molecule has 0 aliphatic carbocycles. The molecule has 0 saturated carbocycles. The van der Waals surface area contributed by atoms with E-state index in [1.807, 2.05) is 0 Å². The van der Waals surface area contributed by atoms with Gasteiger partial charge >= 0.3 is 0 Å². The average molecular weight is 183 g/mol. The van der Waals surface area contributed by atoms with Crippen LogP contribution in [0.25, 0.3) is 0 Å². The molecular weight excluding hydrogens is 158 g/mol. The minimum absolute atomic E-state index is 0.533. The Morgan fingerprint density at radius 1 is 1.38 bits per heavy atom. The first kappa shape index (κ1) is 11.0. The maximum absolute atomic E-state index is 3.48. The van der Waals surface area contributed by atoms with Crippen molar-refractivity contribution in [3.63, 3.8) is 0 Å². The average Bonchev–Trinajstić information content (AvgIpc) is 2.58. The summed E-state index contributed by atoms with van der Waals surface area (Å²) in [6.07, 6.45) is 4.04. The quantitative estimate of drug-likeness (QED) is 0.706. The summed E-state index contributed by atoms with van der Waals surface area (Å²) in [6.45, 7) is 12.0. The van der Waals surface area contributed by atoms with Crippen LogP contribution in [0.3, 0.4) is 0 Å². The van der Waals surface area contributed by atoms with Crippen molar-refractivity contribution in [3.8, 4) is 0 Å². The molecule has 1 saturated heterocycles. The number of hydrogen-bond acceptors (Lipinski definition) is 1. The van der Waals surface area contributed by atoms with Crippen molar-refractivity contribution >= 4 is 0 Å². The van der Waals surface area contributed by atoms with Crippen LogP contribution in [0, 0.1) is 17.3 Å². The Kier molecular flexibility index (Phi) is 3.78. The molecule has 1 rings (SSSR count). The van der Waals surface area contributed by atoms with Crippen molar-refractivity contribution in [1.82, 2.24) is 5.32 Å². The lowest BCUT2D eigenvalue weighted by molar-refractivity contribution is 0.135. The van der Waals surface area contributed by atoms with Gasteiger partial charge in [-0.2, -0.15) is 0 Å². The van der Waals surface area contributed by atoms with Gasteiger partial charge in [0.15, 0.2) is 0 Å². The lowest BCUT2D eigenvalue weighted by atomic mass is 9.69. The van der Waals surface area contributed by atoms with Gasteiger partial charge in [-0.25, -0.2) is 0 Å². The highest BCUT2D eigenvalue weighted by molar-refractivity contribution is 4.86. The van der Waals surface area contributed by atoms with Crippen molar-refractivity contribution in [2.24, 2.45) is 17.3 Å². The lowest BCUT2D eigenvalue weighted by Gasteiger charge is -2.37. The molecule has 1 fully saturated rings. The minimum Gasteiger partial charge on any atom is -0.316 e. The van der Waals surface area contributed by atoms with E-state index in [0.29, 0.717) is 5.41 Å². The second-order valence-corrected chi connectivity index (χ2v) is 5.11. The predicted molar refractivity (Wildman–Crippen MR) is 58.8 cm³/mol. The van der Waals surface area contributed by atoms with Gasteiger partial charge < -0.3 is 5.32 Å². The molecule has 1 nitrogen and oxygen atoms in total. The Bertz CT molecular complexity index is 145. The molecule has 0 amide bonds. The van der Waals surface area contributed by atoms with E-state index in [4.69, 9.17) is 0 Å². The van der Waals surface area contributed by atoms with E-state index in [0.717, 1.165) is 11.8 Å². The van der Waals surface area contributed by atoms with Gasteiger partial charge in [-0.1, -0.05) is 40.5 Å². The first-order valence-electron chi connectivity index (χ1n) is 5.82. The zero-order valence-corrected chi connectivity index (χ0v) is 9.69. The molecule has 0 aromatic carbocycles. The summed E-state index contributed by atoms with van der Waals surface area (Å²) in [6, 6.07) is 0.